The summed E-state index contributed by atoms with van der Waals surface area (Å²) in [7, 11) is -4.02. The highest BCUT2D eigenvalue weighted by Crippen LogP contribution is 2.40. The Morgan fingerprint density at radius 3 is 2.30 bits per heavy atom. The number of sulfonamides is 1. The number of nitriles is 1. The van der Waals surface area contributed by atoms with Crippen LogP contribution in [-0.4, -0.2) is 20.5 Å². The fraction of sp³-hybridized carbons (Fsp3) is 0.588. The molecule has 2 bridgehead atoms. The molecular formula is C17H21ClF3N3O2S. The highest BCUT2D eigenvalue weighted by molar-refractivity contribution is 7.89. The molecule has 0 aliphatic heterocycles. The Bertz CT molecular complexity index is 825. The van der Waals surface area contributed by atoms with Crippen LogP contribution in [0.3, 0.4) is 0 Å². The van der Waals surface area contributed by atoms with Crippen LogP contribution in [0.1, 0.15) is 43.2 Å². The molecule has 1 aromatic rings. The Kier molecular flexibility index (Phi) is 6.47. The van der Waals surface area contributed by atoms with Crippen molar-refractivity contribution < 1.29 is 21.6 Å². The van der Waals surface area contributed by atoms with Gasteiger partial charge in [-0.05, 0) is 55.7 Å². The second-order valence-corrected chi connectivity index (χ2v) is 8.86. The van der Waals surface area contributed by atoms with Gasteiger partial charge in [0, 0.05) is 12.1 Å². The van der Waals surface area contributed by atoms with Gasteiger partial charge in [-0.2, -0.15) is 18.4 Å². The molecule has 3 rings (SSSR count). The third-order valence-corrected chi connectivity index (χ3v) is 6.85. The number of hydrogen-bond donors (Lipinski definition) is 2. The standard InChI is InChI=1S/C17H20F3N3O2S.ClH/c18-17(19,20)15-5-4-14(8-12(15)9-21)26(24,25)23-16-10-2-1-3-11(16)7-13(22)6-10;/h4-5,8,10-11,13,16,23H,1-3,6-7,22H2;1H. The number of nitrogens with two attached hydrogens (primary N) is 1. The molecule has 3 N–H and O–H groups in total. The van der Waals surface area contributed by atoms with Crippen molar-refractivity contribution in [1.29, 1.82) is 5.26 Å². The molecule has 150 valence electrons. The summed E-state index contributed by atoms with van der Waals surface area (Å²) in [6.45, 7) is 0. The molecule has 2 aliphatic rings. The summed E-state index contributed by atoms with van der Waals surface area (Å²) >= 11 is 0. The summed E-state index contributed by atoms with van der Waals surface area (Å²) in [6, 6.07) is 3.56. The van der Waals surface area contributed by atoms with Gasteiger partial charge < -0.3 is 5.73 Å². The number of nitrogens with zero attached hydrogens (tertiary/aromatic N) is 1. The summed E-state index contributed by atoms with van der Waals surface area (Å²) in [6.07, 6.45) is -0.446. The van der Waals surface area contributed by atoms with Crippen molar-refractivity contribution >= 4 is 22.4 Å². The van der Waals surface area contributed by atoms with Gasteiger partial charge in [-0.1, -0.05) is 6.42 Å². The van der Waals surface area contributed by atoms with E-state index in [-0.39, 0.29) is 41.2 Å². The van der Waals surface area contributed by atoms with E-state index in [1.54, 1.807) is 0 Å². The van der Waals surface area contributed by atoms with Crippen LogP contribution >= 0.6 is 12.4 Å². The quantitative estimate of drug-likeness (QED) is 0.780. The summed E-state index contributed by atoms with van der Waals surface area (Å²) in [5.41, 5.74) is 4.20. The zero-order valence-corrected chi connectivity index (χ0v) is 16.0. The van der Waals surface area contributed by atoms with Crippen LogP contribution in [-0.2, 0) is 16.2 Å². The molecule has 1 aromatic carbocycles. The molecule has 0 saturated heterocycles. The SMILES string of the molecule is Cl.N#Cc1cc(S(=O)(=O)NC2C3CCCC2CC(N)C3)ccc1C(F)(F)F. The Balaban J connectivity index is 0.00000261. The first kappa shape index (κ1) is 22.0. The maximum absolute atomic E-state index is 12.9. The number of alkyl halides is 3. The molecule has 2 aliphatic carbocycles. The first-order chi connectivity index (χ1) is 12.1. The Morgan fingerprint density at radius 1 is 1.19 bits per heavy atom. The van der Waals surface area contributed by atoms with E-state index in [2.05, 4.69) is 4.72 Å². The minimum atomic E-state index is -4.71. The van der Waals surface area contributed by atoms with Crippen LogP contribution < -0.4 is 10.5 Å². The lowest BCUT2D eigenvalue weighted by atomic mass is 9.67. The van der Waals surface area contributed by atoms with E-state index in [0.717, 1.165) is 44.2 Å². The average molecular weight is 424 g/mol. The fourth-order valence-corrected chi connectivity index (χ4v) is 5.66. The van der Waals surface area contributed by atoms with E-state index in [4.69, 9.17) is 11.0 Å². The highest BCUT2D eigenvalue weighted by atomic mass is 35.5. The Labute approximate surface area is 162 Å². The van der Waals surface area contributed by atoms with Crippen molar-refractivity contribution in [1.82, 2.24) is 4.72 Å². The van der Waals surface area contributed by atoms with Gasteiger partial charge in [-0.15, -0.1) is 12.4 Å². The van der Waals surface area contributed by atoms with E-state index in [1.165, 1.54) is 6.07 Å². The van der Waals surface area contributed by atoms with Crippen molar-refractivity contribution in [2.24, 2.45) is 17.6 Å². The third kappa shape index (κ3) is 4.57. The largest absolute Gasteiger partial charge is 0.417 e. The predicted octanol–water partition coefficient (Wildman–Crippen LogP) is 3.18. The van der Waals surface area contributed by atoms with Crippen LogP contribution in [0.4, 0.5) is 13.2 Å². The second-order valence-electron chi connectivity index (χ2n) is 7.15. The van der Waals surface area contributed by atoms with Gasteiger partial charge in [-0.25, -0.2) is 13.1 Å². The molecule has 0 radical (unpaired) electrons. The summed E-state index contributed by atoms with van der Waals surface area (Å²) in [5, 5.41) is 8.97. The maximum atomic E-state index is 12.9. The summed E-state index contributed by atoms with van der Waals surface area (Å²) in [4.78, 5) is -0.324. The van der Waals surface area contributed by atoms with Crippen molar-refractivity contribution in [2.45, 2.75) is 55.3 Å². The van der Waals surface area contributed by atoms with E-state index in [9.17, 15) is 21.6 Å². The van der Waals surface area contributed by atoms with Crippen molar-refractivity contribution in [2.75, 3.05) is 0 Å². The maximum Gasteiger partial charge on any atom is 0.417 e. The number of benzene rings is 1. The Morgan fingerprint density at radius 2 is 1.78 bits per heavy atom. The monoisotopic (exact) mass is 423 g/mol. The molecule has 2 saturated carbocycles. The zero-order chi connectivity index (χ0) is 19.1. The normalized spacial score (nSPS) is 28.1. The van der Waals surface area contributed by atoms with Crippen molar-refractivity contribution in [3.8, 4) is 6.07 Å². The lowest BCUT2D eigenvalue weighted by Crippen LogP contribution is -2.53. The zero-order valence-electron chi connectivity index (χ0n) is 14.4. The van der Waals surface area contributed by atoms with Gasteiger partial charge in [0.25, 0.3) is 0 Å². The average Bonchev–Trinajstić information content (AvgIpc) is 2.54. The van der Waals surface area contributed by atoms with Crippen molar-refractivity contribution in [3.05, 3.63) is 29.3 Å². The number of hydrogen-bond acceptors (Lipinski definition) is 4. The fourth-order valence-electron chi connectivity index (χ4n) is 4.26. The van der Waals surface area contributed by atoms with Crippen LogP contribution in [0.15, 0.2) is 23.1 Å². The number of halogens is 4. The van der Waals surface area contributed by atoms with E-state index >= 15 is 0 Å². The molecule has 2 atom stereocenters. The second kappa shape index (κ2) is 7.95. The summed E-state index contributed by atoms with van der Waals surface area (Å²) < 4.78 is 66.8. The minimum Gasteiger partial charge on any atom is -0.328 e. The molecule has 10 heteroatoms. The molecule has 27 heavy (non-hydrogen) atoms. The van der Waals surface area contributed by atoms with Gasteiger partial charge in [0.2, 0.25) is 10.0 Å². The van der Waals surface area contributed by atoms with Gasteiger partial charge >= 0.3 is 6.18 Å². The molecular weight excluding hydrogens is 403 g/mol. The molecule has 2 fully saturated rings. The first-order valence-corrected chi connectivity index (χ1v) is 9.99. The third-order valence-electron chi connectivity index (χ3n) is 5.39. The summed E-state index contributed by atoms with van der Waals surface area (Å²) in [5.74, 6) is 0.273. The number of fused-ring (bicyclic) bond motifs is 2. The van der Waals surface area contributed by atoms with E-state index in [1.807, 2.05) is 0 Å². The van der Waals surface area contributed by atoms with Gasteiger partial charge in [0.1, 0.15) is 0 Å². The Hall–Kier alpha value is -1.34. The van der Waals surface area contributed by atoms with E-state index in [0.29, 0.717) is 6.07 Å². The minimum absolute atomic E-state index is 0. The molecule has 0 aromatic heterocycles. The molecule has 0 amide bonds. The van der Waals surface area contributed by atoms with Crippen LogP contribution in [0.25, 0.3) is 0 Å². The first-order valence-electron chi connectivity index (χ1n) is 8.51. The molecule has 0 spiro atoms. The van der Waals surface area contributed by atoms with Crippen LogP contribution in [0, 0.1) is 23.2 Å². The lowest BCUT2D eigenvalue weighted by Gasteiger charge is -2.45. The van der Waals surface area contributed by atoms with Gasteiger partial charge in [0.15, 0.2) is 0 Å². The topological polar surface area (TPSA) is 96.0 Å². The molecule has 5 nitrogen and oxygen atoms in total. The van der Waals surface area contributed by atoms with Gasteiger partial charge in [-0.3, -0.25) is 0 Å². The predicted molar refractivity (Wildman–Crippen MR) is 95.6 cm³/mol. The number of rotatable bonds is 3. The van der Waals surface area contributed by atoms with Crippen LogP contribution in [0.2, 0.25) is 0 Å². The van der Waals surface area contributed by atoms with Gasteiger partial charge in [0.05, 0.1) is 22.1 Å². The molecule has 2 unspecified atom stereocenters. The van der Waals surface area contributed by atoms with Crippen LogP contribution in [0.5, 0.6) is 0 Å². The van der Waals surface area contributed by atoms with Crippen molar-refractivity contribution in [3.63, 3.8) is 0 Å². The van der Waals surface area contributed by atoms with E-state index < -0.39 is 27.3 Å². The molecule has 0 heterocycles. The highest BCUT2D eigenvalue weighted by Gasteiger charge is 2.41. The number of nitrogens with one attached hydrogen (secondary N) is 1. The lowest BCUT2D eigenvalue weighted by molar-refractivity contribution is -0.137. The smallest absolute Gasteiger partial charge is 0.328 e.